The number of benzene rings is 4. The number of piperidine rings is 1. The molecule has 5 heteroatoms. The second-order valence-electron chi connectivity index (χ2n) is 9.29. The van der Waals surface area contributed by atoms with E-state index in [2.05, 4.69) is 78.9 Å². The van der Waals surface area contributed by atoms with Crippen LogP contribution >= 0.6 is 11.8 Å². The van der Waals surface area contributed by atoms with Crippen molar-refractivity contribution >= 4 is 28.6 Å². The Morgan fingerprint density at radius 3 is 2.39 bits per heavy atom. The van der Waals surface area contributed by atoms with Gasteiger partial charge in [-0.3, -0.25) is 0 Å². The molecule has 1 saturated heterocycles. The molecule has 1 heterocycles. The first-order chi connectivity index (χ1) is 17.7. The van der Waals surface area contributed by atoms with E-state index in [0.717, 1.165) is 24.2 Å². The standard InChI is InChI=1S/C31H31NO3S/c33-31(34)32-18-16-29(26-14-10-23(11-15-26)17-19-36-28-8-2-1-3-9-28)30(21-32)35-22-24-12-13-25-6-4-5-7-27(25)20-24/h1-15,20,29-30H,16-19,21-22H2,(H,33,34)/p-1. The monoisotopic (exact) mass is 496 g/mol. The summed E-state index contributed by atoms with van der Waals surface area (Å²) in [6.07, 6.45) is 0.381. The molecule has 0 bridgehead atoms. The van der Waals surface area contributed by atoms with E-state index in [4.69, 9.17) is 4.74 Å². The molecular weight excluding hydrogens is 466 g/mol. The maximum Gasteiger partial charge on any atom is 0.137 e. The molecule has 1 aliphatic heterocycles. The van der Waals surface area contributed by atoms with Crippen molar-refractivity contribution in [2.75, 3.05) is 18.8 Å². The predicted molar refractivity (Wildman–Crippen MR) is 144 cm³/mol. The van der Waals surface area contributed by atoms with Gasteiger partial charge in [0.15, 0.2) is 0 Å². The molecule has 1 aliphatic rings. The number of hydrogen-bond donors (Lipinski definition) is 0. The number of likely N-dealkylation sites (tertiary alicyclic amines) is 1. The molecule has 4 aromatic carbocycles. The lowest BCUT2D eigenvalue weighted by Gasteiger charge is -2.40. The molecule has 2 unspecified atom stereocenters. The van der Waals surface area contributed by atoms with Crippen molar-refractivity contribution in [1.82, 2.24) is 4.90 Å². The molecule has 1 amide bonds. The molecule has 1 fully saturated rings. The number of rotatable bonds is 8. The molecular formula is C31H30NO3S-. The van der Waals surface area contributed by atoms with E-state index in [1.54, 1.807) is 0 Å². The zero-order valence-electron chi connectivity index (χ0n) is 20.2. The third-order valence-electron chi connectivity index (χ3n) is 6.91. The Morgan fingerprint density at radius 1 is 0.889 bits per heavy atom. The summed E-state index contributed by atoms with van der Waals surface area (Å²) < 4.78 is 6.37. The number of carbonyl (C=O) groups is 1. The lowest BCUT2D eigenvalue weighted by atomic mass is 9.86. The molecule has 0 N–H and O–H groups in total. The SMILES string of the molecule is O=C([O-])N1CCC(c2ccc(CCSc3ccccc3)cc2)C(OCc2ccc3ccccc3c2)C1. The van der Waals surface area contributed by atoms with Crippen LogP contribution in [-0.4, -0.2) is 35.9 Å². The van der Waals surface area contributed by atoms with Gasteiger partial charge in [0.25, 0.3) is 0 Å². The largest absolute Gasteiger partial charge is 0.530 e. The summed E-state index contributed by atoms with van der Waals surface area (Å²) in [6.45, 7) is 1.25. The number of amides is 1. The number of ether oxygens (including phenoxy) is 1. The summed E-state index contributed by atoms with van der Waals surface area (Å²) >= 11 is 1.87. The molecule has 4 nitrogen and oxygen atoms in total. The van der Waals surface area contributed by atoms with Crippen molar-refractivity contribution in [2.24, 2.45) is 0 Å². The van der Waals surface area contributed by atoms with Crippen LogP contribution in [-0.2, 0) is 17.8 Å². The summed E-state index contributed by atoms with van der Waals surface area (Å²) in [7, 11) is 0. The van der Waals surface area contributed by atoms with E-state index in [1.165, 1.54) is 31.7 Å². The van der Waals surface area contributed by atoms with Crippen LogP contribution in [0.2, 0.25) is 0 Å². The van der Waals surface area contributed by atoms with Gasteiger partial charge in [-0.2, -0.15) is 0 Å². The van der Waals surface area contributed by atoms with Crippen LogP contribution in [0.5, 0.6) is 0 Å². The summed E-state index contributed by atoms with van der Waals surface area (Å²) in [5, 5.41) is 13.9. The Labute approximate surface area is 216 Å². The Hall–Kier alpha value is -3.28. The zero-order chi connectivity index (χ0) is 24.7. The third kappa shape index (κ3) is 6.10. The van der Waals surface area contributed by atoms with E-state index < -0.39 is 6.09 Å². The van der Waals surface area contributed by atoms with Crippen LogP contribution in [0.25, 0.3) is 10.8 Å². The number of thioether (sulfide) groups is 1. The minimum absolute atomic E-state index is 0.147. The van der Waals surface area contributed by atoms with Gasteiger partial charge in [0.2, 0.25) is 0 Å². The second-order valence-corrected chi connectivity index (χ2v) is 10.5. The maximum absolute atomic E-state index is 11.6. The molecule has 36 heavy (non-hydrogen) atoms. The van der Waals surface area contributed by atoms with Crippen LogP contribution < -0.4 is 5.11 Å². The third-order valence-corrected chi connectivity index (χ3v) is 7.92. The summed E-state index contributed by atoms with van der Waals surface area (Å²) in [4.78, 5) is 14.2. The van der Waals surface area contributed by atoms with Crippen molar-refractivity contribution in [3.63, 3.8) is 0 Å². The van der Waals surface area contributed by atoms with Crippen LogP contribution in [0.4, 0.5) is 4.79 Å². The lowest BCUT2D eigenvalue weighted by molar-refractivity contribution is -0.268. The normalized spacial score (nSPS) is 17.8. The molecule has 184 valence electrons. The van der Waals surface area contributed by atoms with E-state index in [-0.39, 0.29) is 12.0 Å². The Bertz CT molecular complexity index is 1290. The molecule has 4 aromatic rings. The molecule has 5 rings (SSSR count). The smallest absolute Gasteiger partial charge is 0.137 e. The molecule has 0 radical (unpaired) electrons. The highest BCUT2D eigenvalue weighted by atomic mass is 32.2. The van der Waals surface area contributed by atoms with Crippen LogP contribution in [0.3, 0.4) is 0 Å². The van der Waals surface area contributed by atoms with Crippen molar-refractivity contribution in [3.05, 3.63) is 114 Å². The van der Waals surface area contributed by atoms with Gasteiger partial charge in [-0.05, 0) is 58.5 Å². The zero-order valence-corrected chi connectivity index (χ0v) is 21.0. The first kappa shape index (κ1) is 24.4. The quantitative estimate of drug-likeness (QED) is 0.285. The highest BCUT2D eigenvalue weighted by Gasteiger charge is 2.31. The highest BCUT2D eigenvalue weighted by Crippen LogP contribution is 2.32. The number of fused-ring (bicyclic) bond motifs is 1. The van der Waals surface area contributed by atoms with Gasteiger partial charge >= 0.3 is 0 Å². The molecule has 0 aromatic heterocycles. The van der Waals surface area contributed by atoms with Gasteiger partial charge < -0.3 is 19.5 Å². The molecule has 0 aliphatic carbocycles. The minimum atomic E-state index is -1.13. The Kier molecular flexibility index (Phi) is 7.89. The Balaban J connectivity index is 1.24. The predicted octanol–water partition coefficient (Wildman–Crippen LogP) is 5.89. The average molecular weight is 497 g/mol. The number of carbonyl (C=O) groups excluding carboxylic acids is 1. The fourth-order valence-electron chi connectivity index (χ4n) is 4.90. The lowest BCUT2D eigenvalue weighted by Crippen LogP contribution is -2.51. The van der Waals surface area contributed by atoms with Gasteiger partial charge in [-0.15, -0.1) is 11.8 Å². The number of carboxylic acid groups (broad SMARTS) is 1. The number of nitrogens with zero attached hydrogens (tertiary/aromatic N) is 1. The molecule has 2 atom stereocenters. The fourth-order valence-corrected chi connectivity index (χ4v) is 5.82. The van der Waals surface area contributed by atoms with E-state index >= 15 is 0 Å². The fraction of sp³-hybridized carbons (Fsp3) is 0.258. The van der Waals surface area contributed by atoms with Crippen LogP contribution in [0.15, 0.2) is 102 Å². The topological polar surface area (TPSA) is 52.6 Å². The van der Waals surface area contributed by atoms with Crippen molar-refractivity contribution in [1.29, 1.82) is 0 Å². The van der Waals surface area contributed by atoms with Gasteiger partial charge in [-0.1, -0.05) is 78.9 Å². The van der Waals surface area contributed by atoms with Gasteiger partial charge in [-0.25, -0.2) is 0 Å². The number of aryl methyl sites for hydroxylation is 1. The summed E-state index contributed by atoms with van der Waals surface area (Å²) in [5.74, 6) is 1.18. The summed E-state index contributed by atoms with van der Waals surface area (Å²) in [6, 6.07) is 33.8. The van der Waals surface area contributed by atoms with Gasteiger partial charge in [0, 0.05) is 29.7 Å². The molecule has 0 spiro atoms. The van der Waals surface area contributed by atoms with E-state index in [1.807, 2.05) is 30.0 Å². The van der Waals surface area contributed by atoms with Crippen LogP contribution in [0.1, 0.15) is 29.0 Å². The summed E-state index contributed by atoms with van der Waals surface area (Å²) in [5.41, 5.74) is 3.60. The Morgan fingerprint density at radius 2 is 1.61 bits per heavy atom. The van der Waals surface area contributed by atoms with E-state index in [9.17, 15) is 9.90 Å². The first-order valence-corrected chi connectivity index (χ1v) is 13.5. The van der Waals surface area contributed by atoms with Gasteiger partial charge in [0.05, 0.1) is 12.7 Å². The number of hydrogen-bond acceptors (Lipinski definition) is 4. The van der Waals surface area contributed by atoms with E-state index in [0.29, 0.717) is 19.7 Å². The second kappa shape index (κ2) is 11.6. The first-order valence-electron chi connectivity index (χ1n) is 12.5. The van der Waals surface area contributed by atoms with Crippen molar-refractivity contribution in [2.45, 2.75) is 36.4 Å². The van der Waals surface area contributed by atoms with Crippen molar-refractivity contribution in [3.8, 4) is 0 Å². The van der Waals surface area contributed by atoms with Crippen LogP contribution in [0, 0.1) is 0 Å². The highest BCUT2D eigenvalue weighted by molar-refractivity contribution is 7.99. The maximum atomic E-state index is 11.6. The molecule has 0 saturated carbocycles. The van der Waals surface area contributed by atoms with Gasteiger partial charge in [0.1, 0.15) is 6.09 Å². The average Bonchev–Trinajstić information content (AvgIpc) is 2.92. The minimum Gasteiger partial charge on any atom is -0.530 e. The van der Waals surface area contributed by atoms with Crippen molar-refractivity contribution < 1.29 is 14.6 Å².